The number of benzene rings is 1. The summed E-state index contributed by atoms with van der Waals surface area (Å²) in [5.41, 5.74) is 1.14. The van der Waals surface area contributed by atoms with E-state index in [2.05, 4.69) is 30.6 Å². The van der Waals surface area contributed by atoms with Gasteiger partial charge >= 0.3 is 12.2 Å². The maximum Gasteiger partial charge on any atom is 0.408 e. The molecule has 0 saturated carbocycles. The Balaban J connectivity index is 1.58. The summed E-state index contributed by atoms with van der Waals surface area (Å²) in [6, 6.07) is 8.81. The number of hydrogen-bond donors (Lipinski definition) is 3. The fraction of sp³-hybridized carbons (Fsp3) is 0.409. The van der Waals surface area contributed by atoms with Crippen LogP contribution in [0.15, 0.2) is 36.7 Å². The number of aromatic nitrogens is 4. The molecule has 0 aliphatic heterocycles. The highest BCUT2D eigenvalue weighted by Crippen LogP contribution is 2.22. The number of nitrogens with one attached hydrogen (secondary N) is 3. The molecule has 3 aromatic rings. The molecule has 0 bridgehead atoms. The Labute approximate surface area is 196 Å². The first kappa shape index (κ1) is 24.2. The van der Waals surface area contributed by atoms with Crippen LogP contribution in [0.3, 0.4) is 0 Å². The molecule has 1 atom stereocenters. The van der Waals surface area contributed by atoms with E-state index in [1.54, 1.807) is 20.8 Å². The van der Waals surface area contributed by atoms with Crippen molar-refractivity contribution >= 4 is 35.0 Å². The highest BCUT2D eigenvalue weighted by atomic mass is 35.5. The van der Waals surface area contributed by atoms with E-state index in [1.807, 2.05) is 30.3 Å². The van der Waals surface area contributed by atoms with E-state index in [1.165, 1.54) is 6.33 Å². The molecule has 1 aromatic carbocycles. The lowest BCUT2D eigenvalue weighted by molar-refractivity contribution is 0.0497. The molecule has 0 aliphatic carbocycles. The Kier molecular flexibility index (Phi) is 8.05. The summed E-state index contributed by atoms with van der Waals surface area (Å²) in [7, 11) is 0. The van der Waals surface area contributed by atoms with Crippen molar-refractivity contribution in [2.75, 3.05) is 6.54 Å². The average Bonchev–Trinajstić information content (AvgIpc) is 3.23. The van der Waals surface area contributed by atoms with Gasteiger partial charge in [-0.15, -0.1) is 0 Å². The van der Waals surface area contributed by atoms with E-state index in [0.717, 1.165) is 5.56 Å². The molecule has 0 aliphatic rings. The van der Waals surface area contributed by atoms with Gasteiger partial charge in [-0.1, -0.05) is 41.9 Å². The van der Waals surface area contributed by atoms with Gasteiger partial charge in [-0.25, -0.2) is 24.5 Å². The molecule has 2 amide bonds. The van der Waals surface area contributed by atoms with E-state index in [-0.39, 0.29) is 11.8 Å². The number of rotatable bonds is 8. The van der Waals surface area contributed by atoms with E-state index in [0.29, 0.717) is 36.4 Å². The molecule has 1 unspecified atom stereocenters. The number of carbonyl (C=O) groups excluding carboxylic acids is 2. The maximum atomic E-state index is 12.4. The van der Waals surface area contributed by atoms with Crippen LogP contribution in [0, 0.1) is 0 Å². The molecule has 0 saturated heterocycles. The minimum Gasteiger partial charge on any atom is -0.445 e. The van der Waals surface area contributed by atoms with Gasteiger partial charge in [0.2, 0.25) is 0 Å². The lowest BCUT2D eigenvalue weighted by Gasteiger charge is -2.23. The third-order valence-electron chi connectivity index (χ3n) is 4.41. The zero-order valence-electron chi connectivity index (χ0n) is 18.7. The Hall–Kier alpha value is -3.40. The van der Waals surface area contributed by atoms with Gasteiger partial charge in [0.15, 0.2) is 16.6 Å². The average molecular weight is 475 g/mol. The van der Waals surface area contributed by atoms with E-state index < -0.39 is 23.8 Å². The second-order valence-corrected chi connectivity index (χ2v) is 8.66. The number of H-pyrrole nitrogens is 1. The Morgan fingerprint density at radius 1 is 1.15 bits per heavy atom. The normalized spacial score (nSPS) is 12.2. The number of alkyl carbamates (subject to hydrolysis) is 2. The number of imidazole rings is 1. The van der Waals surface area contributed by atoms with Crippen LogP contribution in [-0.4, -0.2) is 44.3 Å². The molecule has 0 fully saturated rings. The van der Waals surface area contributed by atoms with Crippen molar-refractivity contribution in [1.82, 2.24) is 30.6 Å². The Morgan fingerprint density at radius 3 is 2.64 bits per heavy atom. The first-order chi connectivity index (χ1) is 15.7. The molecule has 2 aromatic heterocycles. The molecular weight excluding hydrogens is 448 g/mol. The van der Waals surface area contributed by atoms with E-state index in [9.17, 15) is 9.59 Å². The standard InChI is InChI=1S/C22H27ClN6O4/c1-22(2,3)33-21(31)27-15(18-28-17(23)16-19(29-18)26-13-25-16)10-7-11-24-20(30)32-12-14-8-5-4-6-9-14/h4-6,8-9,13,15H,7,10-12H2,1-3H3,(H,24,30)(H,27,31)(H,25,26,28,29). The largest absolute Gasteiger partial charge is 0.445 e. The monoisotopic (exact) mass is 474 g/mol. The highest BCUT2D eigenvalue weighted by Gasteiger charge is 2.23. The molecule has 176 valence electrons. The second kappa shape index (κ2) is 11.0. The topological polar surface area (TPSA) is 131 Å². The first-order valence-corrected chi connectivity index (χ1v) is 10.9. The first-order valence-electron chi connectivity index (χ1n) is 10.5. The predicted molar refractivity (Wildman–Crippen MR) is 123 cm³/mol. The van der Waals surface area contributed by atoms with Gasteiger partial charge in [0.05, 0.1) is 12.4 Å². The van der Waals surface area contributed by atoms with Gasteiger partial charge in [-0.05, 0) is 39.2 Å². The Bertz CT molecular complexity index is 1080. The number of ether oxygens (including phenoxy) is 2. The molecule has 2 heterocycles. The number of halogens is 1. The smallest absolute Gasteiger partial charge is 0.408 e. The van der Waals surface area contributed by atoms with Crippen LogP contribution in [0.2, 0.25) is 5.15 Å². The molecule has 3 N–H and O–H groups in total. The predicted octanol–water partition coefficient (Wildman–Crippen LogP) is 4.28. The van der Waals surface area contributed by atoms with Crippen molar-refractivity contribution in [3.63, 3.8) is 0 Å². The minimum atomic E-state index is -0.663. The van der Waals surface area contributed by atoms with E-state index >= 15 is 0 Å². The van der Waals surface area contributed by atoms with Crippen LogP contribution >= 0.6 is 11.6 Å². The van der Waals surface area contributed by atoms with Crippen molar-refractivity contribution in [2.45, 2.75) is 51.9 Å². The van der Waals surface area contributed by atoms with Crippen molar-refractivity contribution in [2.24, 2.45) is 0 Å². The molecule has 3 rings (SSSR count). The van der Waals surface area contributed by atoms with Crippen LogP contribution in [0.1, 0.15) is 51.0 Å². The van der Waals surface area contributed by atoms with Gasteiger partial charge in [-0.3, -0.25) is 0 Å². The molecule has 0 radical (unpaired) electrons. The van der Waals surface area contributed by atoms with Crippen molar-refractivity contribution < 1.29 is 19.1 Å². The van der Waals surface area contributed by atoms with Crippen molar-refractivity contribution in [1.29, 1.82) is 0 Å². The lowest BCUT2D eigenvalue weighted by Crippen LogP contribution is -2.36. The lowest BCUT2D eigenvalue weighted by atomic mass is 10.1. The SMILES string of the molecule is CC(C)(C)OC(=O)NC(CCCNC(=O)OCc1ccccc1)c1nc(Cl)c2[nH]cnc2n1. The molecular formula is C22H27ClN6O4. The van der Waals surface area contributed by atoms with E-state index in [4.69, 9.17) is 21.1 Å². The molecule has 0 spiro atoms. The fourth-order valence-corrected chi connectivity index (χ4v) is 3.18. The number of aromatic amines is 1. The zero-order chi connectivity index (χ0) is 23.8. The highest BCUT2D eigenvalue weighted by molar-refractivity contribution is 6.33. The maximum absolute atomic E-state index is 12.4. The number of amides is 2. The number of hydrogen-bond acceptors (Lipinski definition) is 7. The summed E-state index contributed by atoms with van der Waals surface area (Å²) < 4.78 is 10.6. The quantitative estimate of drug-likeness (QED) is 0.328. The summed E-state index contributed by atoms with van der Waals surface area (Å²) in [5, 5.41) is 5.68. The van der Waals surface area contributed by atoms with Crippen molar-refractivity contribution in [3.8, 4) is 0 Å². The summed E-state index contributed by atoms with van der Waals surface area (Å²) >= 11 is 6.24. The van der Waals surface area contributed by atoms with Gasteiger partial charge in [0.1, 0.15) is 17.7 Å². The van der Waals surface area contributed by atoms with Gasteiger partial charge in [0, 0.05) is 6.54 Å². The van der Waals surface area contributed by atoms with Crippen LogP contribution in [0.4, 0.5) is 9.59 Å². The molecule has 33 heavy (non-hydrogen) atoms. The van der Waals surface area contributed by atoms with Gasteiger partial charge in [-0.2, -0.15) is 0 Å². The number of fused-ring (bicyclic) bond motifs is 1. The summed E-state index contributed by atoms with van der Waals surface area (Å²) in [6.45, 7) is 5.84. The van der Waals surface area contributed by atoms with Crippen LogP contribution in [0.5, 0.6) is 0 Å². The van der Waals surface area contributed by atoms with Gasteiger partial charge < -0.3 is 25.1 Å². The Morgan fingerprint density at radius 2 is 1.91 bits per heavy atom. The molecule has 11 heteroatoms. The van der Waals surface area contributed by atoms with Gasteiger partial charge in [0.25, 0.3) is 0 Å². The van der Waals surface area contributed by atoms with Crippen LogP contribution < -0.4 is 10.6 Å². The minimum absolute atomic E-state index is 0.186. The zero-order valence-corrected chi connectivity index (χ0v) is 19.5. The third kappa shape index (κ3) is 7.60. The summed E-state index contributed by atoms with van der Waals surface area (Å²) in [6.07, 6.45) is 1.28. The number of carbonyl (C=O) groups is 2. The number of nitrogens with zero attached hydrogens (tertiary/aromatic N) is 3. The summed E-state index contributed by atoms with van der Waals surface area (Å²) in [4.78, 5) is 40.0. The fourth-order valence-electron chi connectivity index (χ4n) is 2.96. The van der Waals surface area contributed by atoms with Crippen LogP contribution in [-0.2, 0) is 16.1 Å². The molecule has 10 nitrogen and oxygen atoms in total. The summed E-state index contributed by atoms with van der Waals surface area (Å²) in [5.74, 6) is 0.303. The second-order valence-electron chi connectivity index (χ2n) is 8.30. The van der Waals surface area contributed by atoms with Crippen LogP contribution in [0.25, 0.3) is 11.2 Å². The third-order valence-corrected chi connectivity index (χ3v) is 4.69. The van der Waals surface area contributed by atoms with Crippen molar-refractivity contribution in [3.05, 3.63) is 53.2 Å².